The molecule has 11 aromatic carbocycles. The second-order valence-electron chi connectivity index (χ2n) is 22.4. The Morgan fingerprint density at radius 1 is 0.482 bits per heavy atom. The number of pyridine rings is 1. The Kier molecular flexibility index (Phi) is 10.4. The minimum atomic E-state index is -2.26. The van der Waals surface area contributed by atoms with Crippen LogP contribution < -0.4 is 45.9 Å². The maximum atomic E-state index is 7.12. The summed E-state index contributed by atoms with van der Waals surface area (Å²) in [6.07, 6.45) is 5.89. The van der Waals surface area contributed by atoms with E-state index in [1.807, 2.05) is 6.20 Å². The van der Waals surface area contributed by atoms with E-state index in [1.165, 1.54) is 43.7 Å². The number of rotatable bonds is 8. The Labute approximate surface area is 482 Å². The minimum Gasteiger partial charge on any atom is -0.458 e. The van der Waals surface area contributed by atoms with Crippen LogP contribution in [0.1, 0.15) is 0 Å². The van der Waals surface area contributed by atoms with Gasteiger partial charge in [-0.25, -0.2) is 4.98 Å². The first kappa shape index (κ1) is 47.3. The topological polar surface area (TPSA) is 42.3 Å². The van der Waals surface area contributed by atoms with Gasteiger partial charge in [-0.15, -0.1) is 0 Å². The number of hydrogen-bond acceptors (Lipinski definition) is 4. The highest BCUT2D eigenvalue weighted by Crippen LogP contribution is 2.50. The molecule has 3 aromatic heterocycles. The fourth-order valence-electron chi connectivity index (χ4n) is 14.0. The molecule has 83 heavy (non-hydrogen) atoms. The Balaban J connectivity index is 0.847. The van der Waals surface area contributed by atoms with Crippen LogP contribution in [0.25, 0.3) is 72.3 Å². The van der Waals surface area contributed by atoms with Gasteiger partial charge >= 0.3 is 0 Å². The molecule has 0 saturated carbocycles. The van der Waals surface area contributed by atoms with Gasteiger partial charge in [0.15, 0.2) is 0 Å². The number of hydrogen-bond donors (Lipinski definition) is 0. The van der Waals surface area contributed by atoms with Crippen molar-refractivity contribution in [1.29, 1.82) is 0 Å². The Bertz CT molecular complexity index is 4880. The highest BCUT2D eigenvalue weighted by molar-refractivity contribution is 7.02. The molecule has 0 radical (unpaired) electrons. The lowest BCUT2D eigenvalue weighted by Crippen LogP contribution is -2.61. The van der Waals surface area contributed by atoms with Gasteiger partial charge in [-0.3, -0.25) is 13.7 Å². The smallest absolute Gasteiger partial charge is 0.269 e. The van der Waals surface area contributed by atoms with Crippen LogP contribution in [0.2, 0.25) is 13.1 Å². The van der Waals surface area contributed by atoms with E-state index in [9.17, 15) is 0 Å². The van der Waals surface area contributed by atoms with Crippen molar-refractivity contribution in [2.75, 3.05) is 9.80 Å². The normalized spacial score (nSPS) is 13.4. The number of anilines is 6. The first-order valence-corrected chi connectivity index (χ1v) is 31.5. The van der Waals surface area contributed by atoms with Gasteiger partial charge in [-0.05, 0) is 128 Å². The summed E-state index contributed by atoms with van der Waals surface area (Å²) < 4.78 is 14.1. The minimum absolute atomic E-state index is 0.0239. The maximum Gasteiger partial charge on any atom is 0.269 e. The van der Waals surface area contributed by atoms with Crippen LogP contribution in [-0.2, 0) is 0 Å². The zero-order chi connectivity index (χ0) is 54.9. The molecule has 0 bridgehead atoms. The number of para-hydroxylation sites is 6. The third kappa shape index (κ3) is 7.04. The second kappa shape index (κ2) is 18.3. The van der Waals surface area contributed by atoms with Gasteiger partial charge in [0, 0.05) is 51.5 Å². The summed E-state index contributed by atoms with van der Waals surface area (Å²) in [5.74, 6) is 1.47. The molecule has 7 nitrogen and oxygen atoms in total. The largest absolute Gasteiger partial charge is 0.458 e. The molecule has 390 valence electrons. The Morgan fingerprint density at radius 3 is 1.77 bits per heavy atom. The van der Waals surface area contributed by atoms with E-state index in [2.05, 4.69) is 310 Å². The summed E-state index contributed by atoms with van der Waals surface area (Å²) in [7, 11) is -2.26. The predicted molar refractivity (Wildman–Crippen MR) is 344 cm³/mol. The van der Waals surface area contributed by atoms with Crippen molar-refractivity contribution < 1.29 is 9.30 Å². The molecule has 0 atom stereocenters. The van der Waals surface area contributed by atoms with Gasteiger partial charge < -0.3 is 14.5 Å². The van der Waals surface area contributed by atoms with Gasteiger partial charge in [0.1, 0.15) is 25.2 Å². The molecule has 3 aliphatic heterocycles. The fourth-order valence-corrected chi connectivity index (χ4v) is 16.9. The van der Waals surface area contributed by atoms with Crippen molar-refractivity contribution in [3.8, 4) is 50.8 Å². The van der Waals surface area contributed by atoms with Gasteiger partial charge in [0.05, 0.1) is 39.3 Å². The van der Waals surface area contributed by atoms with E-state index in [0.717, 1.165) is 101 Å². The molecular formula is C74H51BN6OSi. The van der Waals surface area contributed by atoms with Crippen LogP contribution in [0.4, 0.5) is 34.1 Å². The van der Waals surface area contributed by atoms with Crippen molar-refractivity contribution >= 4 is 109 Å². The average Bonchev–Trinajstić information content (AvgIpc) is 1.94. The number of nitrogens with zero attached hydrogens (tertiary/aromatic N) is 6. The standard InChI is InChI=1S/C74H51BN6OSi/c1-83(2)67-43-42-55(46-64(67)78-48-77(63-40-21-41-68(83)72(63)78)71-56(49-23-7-3-8-24-49)33-20-34-57(71)50-25-9-4-10-26-50)82-54-32-19-31-53(45-54)81-65-47-66-70-73(69(65)58-35-22-44-76-74(58)81)80(52-29-13-6-14-30-52)62-39-18-16-37-60(62)75(70)59-36-15-17-38-61(59)79(66)51-27-11-5-12-28-51/h3-47H,1-2H3. The van der Waals surface area contributed by atoms with Crippen LogP contribution >= 0.6 is 0 Å². The van der Waals surface area contributed by atoms with Crippen LogP contribution in [0, 0.1) is 6.33 Å². The highest BCUT2D eigenvalue weighted by atomic mass is 28.3. The molecule has 0 spiro atoms. The lowest BCUT2D eigenvalue weighted by atomic mass is 9.33. The zero-order valence-electron chi connectivity index (χ0n) is 45.6. The SMILES string of the molecule is C[Si]1(C)c2ccc(Oc3cccc(-n4c5cc6c7c(c5c5cccnc54)N(c4ccccc4)c4ccccc4B7c4ccccc4N6c4ccccc4)c3)cc2-n2[c-][n+](-c3c(-c4ccccc4)cccc3-c3ccccc3)c3cccc1c32. The molecule has 17 rings (SSSR count). The van der Waals surface area contributed by atoms with E-state index in [-0.39, 0.29) is 6.71 Å². The van der Waals surface area contributed by atoms with Gasteiger partial charge in [0.25, 0.3) is 13.0 Å². The monoisotopic (exact) mass is 1080 g/mol. The van der Waals surface area contributed by atoms with Crippen molar-refractivity contribution in [2.24, 2.45) is 0 Å². The van der Waals surface area contributed by atoms with Crippen LogP contribution in [0.15, 0.2) is 273 Å². The number of ether oxygens (including phenoxy) is 1. The second-order valence-corrected chi connectivity index (χ2v) is 26.8. The summed E-state index contributed by atoms with van der Waals surface area (Å²) in [4.78, 5) is 10.2. The van der Waals surface area contributed by atoms with Crippen LogP contribution in [-0.4, -0.2) is 28.9 Å². The molecule has 0 aliphatic carbocycles. The van der Waals surface area contributed by atoms with E-state index >= 15 is 0 Å². The van der Waals surface area contributed by atoms with E-state index in [1.54, 1.807) is 0 Å². The molecule has 0 fully saturated rings. The molecule has 6 heterocycles. The number of imidazole rings is 1. The van der Waals surface area contributed by atoms with Crippen molar-refractivity contribution in [2.45, 2.75) is 13.1 Å². The quantitative estimate of drug-likeness (QED) is 0.0864. The molecule has 14 aromatic rings. The lowest BCUT2D eigenvalue weighted by molar-refractivity contribution is -0.571. The third-order valence-electron chi connectivity index (χ3n) is 17.5. The van der Waals surface area contributed by atoms with Gasteiger partial charge in [-0.2, -0.15) is 0 Å². The highest BCUT2D eigenvalue weighted by Gasteiger charge is 2.45. The molecule has 0 saturated heterocycles. The summed E-state index contributed by atoms with van der Waals surface area (Å²) in [5, 5.41) is 4.94. The fraction of sp³-hybridized carbons (Fsp3) is 0.0270. The molecule has 0 N–H and O–H groups in total. The van der Waals surface area contributed by atoms with Crippen molar-refractivity contribution in [3.05, 3.63) is 279 Å². The number of aromatic nitrogens is 4. The molecule has 9 heteroatoms. The Hall–Kier alpha value is -10.5. The van der Waals surface area contributed by atoms with Crippen molar-refractivity contribution in [3.63, 3.8) is 0 Å². The zero-order valence-corrected chi connectivity index (χ0v) is 46.6. The summed E-state index contributed by atoms with van der Waals surface area (Å²) in [6, 6.07) is 96.5. The van der Waals surface area contributed by atoms with Crippen molar-refractivity contribution in [1.82, 2.24) is 14.1 Å². The average molecular weight is 1080 g/mol. The van der Waals surface area contributed by atoms with Gasteiger partial charge in [0.2, 0.25) is 0 Å². The van der Waals surface area contributed by atoms with E-state index in [0.29, 0.717) is 0 Å². The lowest BCUT2D eigenvalue weighted by Gasteiger charge is -2.44. The van der Waals surface area contributed by atoms with Crippen LogP contribution in [0.5, 0.6) is 11.5 Å². The third-order valence-corrected chi connectivity index (χ3v) is 21.1. The molecular weight excluding hydrogens is 1030 g/mol. The number of fused-ring (bicyclic) bond motifs is 10. The van der Waals surface area contributed by atoms with Crippen LogP contribution in [0.3, 0.4) is 0 Å². The molecule has 3 aliphatic rings. The van der Waals surface area contributed by atoms with Gasteiger partial charge in [-0.1, -0.05) is 195 Å². The van der Waals surface area contributed by atoms with E-state index in [4.69, 9.17) is 9.72 Å². The molecule has 0 amide bonds. The van der Waals surface area contributed by atoms with E-state index < -0.39 is 8.07 Å². The first-order valence-electron chi connectivity index (χ1n) is 28.5. The maximum absolute atomic E-state index is 7.12. The first-order chi connectivity index (χ1) is 41.0. The molecule has 0 unspecified atom stereocenters. The Morgan fingerprint density at radius 2 is 1.07 bits per heavy atom. The predicted octanol–water partition coefficient (Wildman–Crippen LogP) is 14.5. The summed E-state index contributed by atoms with van der Waals surface area (Å²) in [6.45, 7) is 4.92. The summed E-state index contributed by atoms with van der Waals surface area (Å²) >= 11 is 0. The summed E-state index contributed by atoms with van der Waals surface area (Å²) in [5.41, 5.74) is 22.6. The number of benzene rings is 11.